The van der Waals surface area contributed by atoms with Crippen LogP contribution in [0.1, 0.15) is 16.1 Å². The van der Waals surface area contributed by atoms with E-state index in [1.54, 1.807) is 11.3 Å². The minimum atomic E-state index is 0.996. The third-order valence-corrected chi connectivity index (χ3v) is 4.68. The quantitative estimate of drug-likeness (QED) is 0.823. The molecule has 0 radical (unpaired) electrons. The monoisotopic (exact) mass is 236 g/mol. The number of aryl methyl sites for hydroxylation is 1. The Morgan fingerprint density at radius 3 is 3.07 bits per heavy atom. The van der Waals surface area contributed by atoms with Crippen LogP contribution < -0.4 is 5.32 Å². The standard InChI is InChI=1S/C11H12N2S2/c1-7-5-14-6-8(7)11-13-9-2-3-12-4-10(9)15-11/h5-6,12H,2-4H2,1H3. The number of hydrogen-bond donors (Lipinski definition) is 1. The van der Waals surface area contributed by atoms with Crippen molar-refractivity contribution in [3.8, 4) is 10.6 Å². The van der Waals surface area contributed by atoms with Crippen LogP contribution in [0.15, 0.2) is 10.8 Å². The topological polar surface area (TPSA) is 24.9 Å². The van der Waals surface area contributed by atoms with E-state index in [2.05, 4.69) is 23.0 Å². The van der Waals surface area contributed by atoms with Crippen molar-refractivity contribution in [2.75, 3.05) is 6.54 Å². The molecule has 1 aliphatic heterocycles. The first-order chi connectivity index (χ1) is 7.34. The summed E-state index contributed by atoms with van der Waals surface area (Å²) < 4.78 is 0. The Morgan fingerprint density at radius 1 is 1.40 bits per heavy atom. The molecule has 3 rings (SSSR count). The number of fused-ring (bicyclic) bond motifs is 1. The largest absolute Gasteiger partial charge is 0.311 e. The molecule has 0 aromatic carbocycles. The molecule has 0 atom stereocenters. The van der Waals surface area contributed by atoms with Crippen LogP contribution in [-0.4, -0.2) is 11.5 Å². The lowest BCUT2D eigenvalue weighted by Gasteiger charge is -2.09. The molecule has 0 bridgehead atoms. The summed E-state index contributed by atoms with van der Waals surface area (Å²) in [7, 11) is 0. The molecule has 1 aliphatic rings. The van der Waals surface area contributed by atoms with E-state index in [1.807, 2.05) is 11.3 Å². The molecular formula is C11H12N2S2. The number of nitrogens with zero attached hydrogens (tertiary/aromatic N) is 1. The summed E-state index contributed by atoms with van der Waals surface area (Å²) >= 11 is 3.60. The lowest BCUT2D eigenvalue weighted by molar-refractivity contribution is 0.644. The van der Waals surface area contributed by atoms with Crippen LogP contribution in [0.4, 0.5) is 0 Å². The maximum Gasteiger partial charge on any atom is 0.125 e. The zero-order chi connectivity index (χ0) is 10.3. The Balaban J connectivity index is 2.06. The Bertz CT molecular complexity index is 461. The van der Waals surface area contributed by atoms with Crippen LogP contribution >= 0.6 is 22.7 Å². The van der Waals surface area contributed by atoms with E-state index in [1.165, 1.54) is 26.7 Å². The molecule has 2 aromatic rings. The van der Waals surface area contributed by atoms with Gasteiger partial charge in [0, 0.05) is 35.3 Å². The number of rotatable bonds is 1. The van der Waals surface area contributed by atoms with E-state index in [9.17, 15) is 0 Å². The third-order valence-electron chi connectivity index (χ3n) is 2.69. The molecule has 2 aromatic heterocycles. The number of thiazole rings is 1. The molecule has 0 aliphatic carbocycles. The number of aromatic nitrogens is 1. The third kappa shape index (κ3) is 1.62. The van der Waals surface area contributed by atoms with Gasteiger partial charge in [0.2, 0.25) is 0 Å². The lowest BCUT2D eigenvalue weighted by atomic mass is 10.2. The summed E-state index contributed by atoms with van der Waals surface area (Å²) in [4.78, 5) is 6.16. The van der Waals surface area contributed by atoms with E-state index >= 15 is 0 Å². The van der Waals surface area contributed by atoms with Gasteiger partial charge in [0.15, 0.2) is 0 Å². The Hall–Kier alpha value is -0.710. The maximum absolute atomic E-state index is 4.74. The van der Waals surface area contributed by atoms with Crippen molar-refractivity contribution in [3.05, 3.63) is 26.9 Å². The summed E-state index contributed by atoms with van der Waals surface area (Å²) in [5.74, 6) is 0. The molecule has 78 valence electrons. The van der Waals surface area contributed by atoms with Crippen molar-refractivity contribution in [3.63, 3.8) is 0 Å². The van der Waals surface area contributed by atoms with E-state index in [0.717, 1.165) is 19.5 Å². The molecule has 15 heavy (non-hydrogen) atoms. The average Bonchev–Trinajstić information content (AvgIpc) is 2.82. The van der Waals surface area contributed by atoms with Crippen molar-refractivity contribution in [2.45, 2.75) is 19.9 Å². The smallest absolute Gasteiger partial charge is 0.125 e. The summed E-state index contributed by atoms with van der Waals surface area (Å²) in [5, 5.41) is 8.97. The molecule has 0 saturated heterocycles. The van der Waals surface area contributed by atoms with Gasteiger partial charge in [-0.25, -0.2) is 4.98 Å². The minimum absolute atomic E-state index is 0.996. The van der Waals surface area contributed by atoms with Crippen LogP contribution in [-0.2, 0) is 13.0 Å². The molecule has 1 N–H and O–H groups in total. The second-order valence-electron chi connectivity index (χ2n) is 3.78. The average molecular weight is 236 g/mol. The van der Waals surface area contributed by atoms with Gasteiger partial charge in [-0.2, -0.15) is 11.3 Å². The normalized spacial score (nSPS) is 15.3. The van der Waals surface area contributed by atoms with Gasteiger partial charge in [-0.1, -0.05) is 0 Å². The van der Waals surface area contributed by atoms with Crippen LogP contribution in [0.2, 0.25) is 0 Å². The number of hydrogen-bond acceptors (Lipinski definition) is 4. The minimum Gasteiger partial charge on any atom is -0.311 e. The van der Waals surface area contributed by atoms with Crippen LogP contribution in [0.5, 0.6) is 0 Å². The zero-order valence-corrected chi connectivity index (χ0v) is 10.2. The van der Waals surface area contributed by atoms with Crippen molar-refractivity contribution in [2.24, 2.45) is 0 Å². The highest BCUT2D eigenvalue weighted by atomic mass is 32.1. The summed E-state index contributed by atoms with van der Waals surface area (Å²) in [6.07, 6.45) is 1.08. The summed E-state index contributed by atoms with van der Waals surface area (Å²) in [6.45, 7) is 4.22. The van der Waals surface area contributed by atoms with Crippen molar-refractivity contribution >= 4 is 22.7 Å². The fourth-order valence-electron chi connectivity index (χ4n) is 1.82. The molecule has 3 heterocycles. The maximum atomic E-state index is 4.74. The molecule has 0 amide bonds. The van der Waals surface area contributed by atoms with Crippen molar-refractivity contribution in [1.82, 2.24) is 10.3 Å². The van der Waals surface area contributed by atoms with Gasteiger partial charge in [0.25, 0.3) is 0 Å². The molecule has 0 saturated carbocycles. The second-order valence-corrected chi connectivity index (χ2v) is 5.61. The van der Waals surface area contributed by atoms with Crippen LogP contribution in [0, 0.1) is 6.92 Å². The van der Waals surface area contributed by atoms with E-state index in [4.69, 9.17) is 4.98 Å². The first-order valence-electron chi connectivity index (χ1n) is 5.07. The Kier molecular flexibility index (Phi) is 2.35. The second kappa shape index (κ2) is 3.70. The SMILES string of the molecule is Cc1cscc1-c1nc2c(s1)CNCC2. The first kappa shape index (κ1) is 9.51. The predicted molar refractivity (Wildman–Crippen MR) is 65.6 cm³/mol. The molecule has 2 nitrogen and oxygen atoms in total. The van der Waals surface area contributed by atoms with Crippen molar-refractivity contribution in [1.29, 1.82) is 0 Å². The van der Waals surface area contributed by atoms with Gasteiger partial charge in [0.05, 0.1) is 5.69 Å². The zero-order valence-electron chi connectivity index (χ0n) is 8.54. The fraction of sp³-hybridized carbons (Fsp3) is 0.364. The number of thiophene rings is 1. The van der Waals surface area contributed by atoms with Crippen LogP contribution in [0.25, 0.3) is 10.6 Å². The molecule has 0 fully saturated rings. The van der Waals surface area contributed by atoms with Crippen molar-refractivity contribution < 1.29 is 0 Å². The van der Waals surface area contributed by atoms with Gasteiger partial charge in [0.1, 0.15) is 5.01 Å². The van der Waals surface area contributed by atoms with Gasteiger partial charge in [-0.3, -0.25) is 0 Å². The van der Waals surface area contributed by atoms with E-state index in [-0.39, 0.29) is 0 Å². The Labute approximate surface area is 97.0 Å². The fourth-order valence-corrected chi connectivity index (χ4v) is 3.89. The van der Waals surface area contributed by atoms with E-state index in [0.29, 0.717) is 0 Å². The van der Waals surface area contributed by atoms with Gasteiger partial charge >= 0.3 is 0 Å². The van der Waals surface area contributed by atoms with Gasteiger partial charge < -0.3 is 5.32 Å². The first-order valence-corrected chi connectivity index (χ1v) is 6.83. The predicted octanol–water partition coefficient (Wildman–Crippen LogP) is 2.83. The summed E-state index contributed by atoms with van der Waals surface area (Å²) in [5.41, 5.74) is 3.97. The molecule has 0 spiro atoms. The molecule has 0 unspecified atom stereocenters. The highest BCUT2D eigenvalue weighted by molar-refractivity contribution is 7.15. The summed E-state index contributed by atoms with van der Waals surface area (Å²) in [6, 6.07) is 0. The van der Waals surface area contributed by atoms with Crippen LogP contribution in [0.3, 0.4) is 0 Å². The van der Waals surface area contributed by atoms with E-state index < -0.39 is 0 Å². The highest BCUT2D eigenvalue weighted by Gasteiger charge is 2.16. The Morgan fingerprint density at radius 2 is 2.33 bits per heavy atom. The van der Waals surface area contributed by atoms with Gasteiger partial charge in [-0.05, 0) is 17.9 Å². The lowest BCUT2D eigenvalue weighted by Crippen LogP contribution is -2.22. The highest BCUT2D eigenvalue weighted by Crippen LogP contribution is 2.33. The molecular weight excluding hydrogens is 224 g/mol. The van der Waals surface area contributed by atoms with Gasteiger partial charge in [-0.15, -0.1) is 11.3 Å². The number of nitrogens with one attached hydrogen (secondary N) is 1. The molecule has 4 heteroatoms.